The van der Waals surface area contributed by atoms with Crippen LogP contribution in [0.5, 0.6) is 5.88 Å². The third-order valence-corrected chi connectivity index (χ3v) is 5.25. The molecule has 4 heterocycles. The zero-order valence-corrected chi connectivity index (χ0v) is 17.0. The number of anilines is 2. The Morgan fingerprint density at radius 2 is 2.00 bits per heavy atom. The van der Waals surface area contributed by atoms with Crippen molar-refractivity contribution in [2.75, 3.05) is 36.0 Å². The summed E-state index contributed by atoms with van der Waals surface area (Å²) in [6, 6.07) is 7.00. The number of amides is 3. The highest BCUT2D eigenvalue weighted by molar-refractivity contribution is 5.93. The molecular weight excluding hydrogens is 440 g/mol. The van der Waals surface area contributed by atoms with Gasteiger partial charge >= 0.3 is 12.1 Å². The van der Waals surface area contributed by atoms with Crippen molar-refractivity contribution in [1.29, 1.82) is 0 Å². The van der Waals surface area contributed by atoms with E-state index in [2.05, 4.69) is 20.0 Å². The fourth-order valence-corrected chi connectivity index (χ4v) is 3.63. The highest BCUT2D eigenvalue weighted by Gasteiger charge is 2.35. The van der Waals surface area contributed by atoms with E-state index < -0.39 is 23.8 Å². The lowest BCUT2D eigenvalue weighted by atomic mass is 10.1. The van der Waals surface area contributed by atoms with Crippen LogP contribution in [0.25, 0.3) is 11.1 Å². The second kappa shape index (κ2) is 8.37. The maximum atomic E-state index is 14.9. The minimum atomic E-state index is -1.19. The Morgan fingerprint density at radius 1 is 1.12 bits per heavy atom. The molecule has 0 radical (unpaired) electrons. The number of urea groups is 1. The molecule has 2 aliphatic rings. The first-order chi connectivity index (χ1) is 16.0. The standard InChI is InChI=1S/C21H17F2N5O5/c22-18-14(12-1-4-16(25-9-12)27-7-6-24-20(27)29)2-3-15(19(18)23)28-10-13(33-21(28)30)11-31-17-5-8-32-26-17/h1-5,8-9,13H,6-7,10-11H2,(H,24,29). The number of halogens is 2. The van der Waals surface area contributed by atoms with Crippen LogP contribution in [-0.2, 0) is 4.74 Å². The monoisotopic (exact) mass is 457 g/mol. The Balaban J connectivity index is 1.32. The number of nitrogens with one attached hydrogen (secondary N) is 1. The molecule has 1 aromatic carbocycles. The minimum absolute atomic E-state index is 0.0238. The van der Waals surface area contributed by atoms with E-state index in [1.807, 2.05) is 0 Å². The largest absolute Gasteiger partial charge is 0.471 e. The van der Waals surface area contributed by atoms with Crippen LogP contribution >= 0.6 is 0 Å². The molecule has 5 rings (SSSR count). The van der Waals surface area contributed by atoms with Crippen molar-refractivity contribution in [3.8, 4) is 17.0 Å². The number of nitrogens with zero attached hydrogens (tertiary/aromatic N) is 4. The SMILES string of the molecule is O=C1NCCN1c1ccc(-c2ccc(N3CC(COc4ccon4)OC3=O)c(F)c2F)cn1. The third kappa shape index (κ3) is 3.90. The Labute approximate surface area is 185 Å². The predicted molar refractivity (Wildman–Crippen MR) is 110 cm³/mol. The van der Waals surface area contributed by atoms with Gasteiger partial charge < -0.3 is 19.3 Å². The van der Waals surface area contributed by atoms with Gasteiger partial charge in [0.1, 0.15) is 18.7 Å². The summed E-state index contributed by atoms with van der Waals surface area (Å²) in [6.07, 6.45) is 1.18. The molecule has 2 aromatic heterocycles. The molecule has 10 nitrogen and oxygen atoms in total. The van der Waals surface area contributed by atoms with E-state index in [1.165, 1.54) is 35.6 Å². The first kappa shape index (κ1) is 20.7. The number of benzene rings is 1. The highest BCUT2D eigenvalue weighted by Crippen LogP contribution is 2.33. The van der Waals surface area contributed by atoms with Crippen molar-refractivity contribution >= 4 is 23.6 Å². The van der Waals surface area contributed by atoms with Gasteiger partial charge in [0.2, 0.25) is 0 Å². The van der Waals surface area contributed by atoms with Crippen LogP contribution in [0.4, 0.5) is 29.9 Å². The highest BCUT2D eigenvalue weighted by atomic mass is 19.2. The smallest absolute Gasteiger partial charge is 0.414 e. The minimum Gasteiger partial charge on any atom is -0.471 e. The summed E-state index contributed by atoms with van der Waals surface area (Å²) in [5.41, 5.74) is 0.0485. The lowest BCUT2D eigenvalue weighted by Crippen LogP contribution is -2.28. The molecule has 0 bridgehead atoms. The van der Waals surface area contributed by atoms with Crippen LogP contribution in [0.3, 0.4) is 0 Å². The van der Waals surface area contributed by atoms with Gasteiger partial charge in [0, 0.05) is 36.5 Å². The molecule has 2 fully saturated rings. The van der Waals surface area contributed by atoms with Crippen LogP contribution in [0, 0.1) is 11.6 Å². The van der Waals surface area contributed by atoms with E-state index in [0.717, 1.165) is 4.90 Å². The molecule has 2 saturated heterocycles. The number of cyclic esters (lactones) is 1. The quantitative estimate of drug-likeness (QED) is 0.606. The van der Waals surface area contributed by atoms with E-state index in [1.54, 1.807) is 12.1 Å². The number of ether oxygens (including phenoxy) is 2. The van der Waals surface area contributed by atoms with E-state index >= 15 is 0 Å². The Morgan fingerprint density at radius 3 is 2.70 bits per heavy atom. The molecule has 170 valence electrons. The average molecular weight is 457 g/mol. The van der Waals surface area contributed by atoms with Gasteiger partial charge in [0.15, 0.2) is 17.7 Å². The molecule has 0 saturated carbocycles. The summed E-state index contributed by atoms with van der Waals surface area (Å²) < 4.78 is 45.0. The van der Waals surface area contributed by atoms with E-state index in [9.17, 15) is 18.4 Å². The van der Waals surface area contributed by atoms with Crippen molar-refractivity contribution in [3.63, 3.8) is 0 Å². The number of carbonyl (C=O) groups excluding carboxylic acids is 2. The first-order valence-corrected chi connectivity index (χ1v) is 10.0. The van der Waals surface area contributed by atoms with Gasteiger partial charge in [-0.2, -0.15) is 0 Å². The first-order valence-electron chi connectivity index (χ1n) is 10.0. The summed E-state index contributed by atoms with van der Waals surface area (Å²) in [5.74, 6) is -1.69. The van der Waals surface area contributed by atoms with E-state index in [-0.39, 0.29) is 36.3 Å². The summed E-state index contributed by atoms with van der Waals surface area (Å²) in [7, 11) is 0. The second-order valence-electron chi connectivity index (χ2n) is 7.31. The molecule has 1 atom stereocenters. The zero-order chi connectivity index (χ0) is 22.9. The Bertz CT molecular complexity index is 1190. The number of rotatable bonds is 6. The van der Waals surface area contributed by atoms with Gasteiger partial charge in [-0.05, 0) is 29.4 Å². The fraction of sp³-hybridized carbons (Fsp3) is 0.238. The Hall–Kier alpha value is -4.22. The molecular formula is C21H17F2N5O5. The summed E-state index contributed by atoms with van der Waals surface area (Å²) in [6.45, 7) is 0.930. The van der Waals surface area contributed by atoms with Crippen LogP contribution in [0.2, 0.25) is 0 Å². The van der Waals surface area contributed by atoms with Crippen molar-refractivity contribution in [2.24, 2.45) is 0 Å². The second-order valence-corrected chi connectivity index (χ2v) is 7.31. The van der Waals surface area contributed by atoms with E-state index in [4.69, 9.17) is 9.47 Å². The van der Waals surface area contributed by atoms with Gasteiger partial charge in [-0.15, -0.1) is 0 Å². The number of hydrogen-bond donors (Lipinski definition) is 1. The molecule has 0 aliphatic carbocycles. The molecule has 3 aromatic rings. The Kier molecular flexibility index (Phi) is 5.24. The van der Waals surface area contributed by atoms with Gasteiger partial charge in [0.25, 0.3) is 5.88 Å². The van der Waals surface area contributed by atoms with Crippen LogP contribution in [0.1, 0.15) is 0 Å². The third-order valence-electron chi connectivity index (χ3n) is 5.25. The summed E-state index contributed by atoms with van der Waals surface area (Å²) in [4.78, 5) is 30.6. The summed E-state index contributed by atoms with van der Waals surface area (Å²) >= 11 is 0. The maximum Gasteiger partial charge on any atom is 0.414 e. The molecule has 3 amide bonds. The summed E-state index contributed by atoms with van der Waals surface area (Å²) in [5, 5.41) is 6.25. The molecule has 2 aliphatic heterocycles. The predicted octanol–water partition coefficient (Wildman–Crippen LogP) is 2.95. The normalized spacial score (nSPS) is 17.9. The number of carbonyl (C=O) groups is 2. The van der Waals surface area contributed by atoms with Gasteiger partial charge in [-0.25, -0.2) is 23.4 Å². The van der Waals surface area contributed by atoms with Crippen LogP contribution in [0.15, 0.2) is 47.3 Å². The maximum absolute atomic E-state index is 14.9. The van der Waals surface area contributed by atoms with Crippen molar-refractivity contribution in [2.45, 2.75) is 6.10 Å². The van der Waals surface area contributed by atoms with E-state index in [0.29, 0.717) is 24.5 Å². The number of pyridine rings is 1. The molecule has 0 spiro atoms. The molecule has 1 unspecified atom stereocenters. The lowest BCUT2D eigenvalue weighted by Gasteiger charge is -2.16. The van der Waals surface area contributed by atoms with Crippen molar-refractivity contribution < 1.29 is 32.4 Å². The van der Waals surface area contributed by atoms with Crippen LogP contribution < -0.4 is 19.9 Å². The fourth-order valence-electron chi connectivity index (χ4n) is 3.63. The zero-order valence-electron chi connectivity index (χ0n) is 17.0. The lowest BCUT2D eigenvalue weighted by molar-refractivity contribution is 0.101. The van der Waals surface area contributed by atoms with Gasteiger partial charge in [-0.1, -0.05) is 0 Å². The topological polar surface area (TPSA) is 110 Å². The van der Waals surface area contributed by atoms with Crippen LogP contribution in [-0.4, -0.2) is 54.6 Å². The number of hydrogen-bond acceptors (Lipinski definition) is 7. The average Bonchev–Trinajstić information content (AvgIpc) is 3.56. The van der Waals surface area contributed by atoms with Gasteiger partial charge in [0.05, 0.1) is 12.2 Å². The molecule has 12 heteroatoms. The molecule has 1 N–H and O–H groups in total. The van der Waals surface area contributed by atoms with Crippen molar-refractivity contribution in [1.82, 2.24) is 15.5 Å². The molecule has 33 heavy (non-hydrogen) atoms. The van der Waals surface area contributed by atoms with Gasteiger partial charge in [-0.3, -0.25) is 9.80 Å². The number of aromatic nitrogens is 2. The van der Waals surface area contributed by atoms with Crippen molar-refractivity contribution in [3.05, 3.63) is 54.4 Å².